The zero-order chi connectivity index (χ0) is 45.6. The Morgan fingerprint density at radius 3 is 0.721 bits per heavy atom. The maximum Gasteiger partial charge on any atom is 0.0488 e. The highest BCUT2D eigenvalue weighted by Crippen LogP contribution is 2.76. The van der Waals surface area contributed by atoms with Gasteiger partial charge in [-0.15, -0.1) is 0 Å². The fraction of sp³-hybridized carbons (Fsp3) is 0.390. The van der Waals surface area contributed by atoms with Crippen LogP contribution in [0.1, 0.15) is 133 Å². The SMILES string of the molecule is CC.CC.CC.CC.CC1(C)c2ccccc2C2(c3ccccc3C(C)(C)C2(C)C)C1(C)C.Cn1c2ccccc2c2ccccc21.Cn1c2ccccc2c2ccccc21. The fourth-order valence-electron chi connectivity index (χ4n) is 10.8. The molecule has 6 aromatic carbocycles. The van der Waals surface area contributed by atoms with Crippen LogP contribution >= 0.6 is 0 Å². The van der Waals surface area contributed by atoms with Crippen LogP contribution in [0.15, 0.2) is 146 Å². The summed E-state index contributed by atoms with van der Waals surface area (Å²) in [6.45, 7) is 35.8. The van der Waals surface area contributed by atoms with Gasteiger partial charge in [-0.1, -0.05) is 232 Å². The summed E-state index contributed by atoms with van der Waals surface area (Å²) in [7, 11) is 4.23. The number of aromatic nitrogens is 2. The third kappa shape index (κ3) is 7.32. The lowest BCUT2D eigenvalue weighted by Gasteiger charge is -2.56. The lowest BCUT2D eigenvalue weighted by molar-refractivity contribution is 0.00837. The molecule has 2 aliphatic rings. The molecule has 0 saturated carbocycles. The van der Waals surface area contributed by atoms with Gasteiger partial charge in [-0.25, -0.2) is 0 Å². The molecular weight excluding hydrogens is 737 g/mol. The molecule has 2 nitrogen and oxygen atoms in total. The number of rotatable bonds is 0. The van der Waals surface area contributed by atoms with Crippen LogP contribution in [-0.4, -0.2) is 9.13 Å². The standard InChI is InChI=1S/C25H32.2C13H11N.4C2H6/c1-21(2)17-13-9-11-15-19(17)25(23(21,5)6)20-16-12-10-14-18(20)22(3,4)24(25,7)8;2*1-14-12-8-4-2-6-10(12)11-7-3-5-9-13(11)14;4*1-2/h9-16H,1-8H3;2*2-9H,1H3;4*1-2H3. The molecule has 2 heteroatoms. The number of benzene rings is 6. The van der Waals surface area contributed by atoms with E-state index < -0.39 is 0 Å². The number of fused-ring (bicyclic) bond motifs is 10. The largest absolute Gasteiger partial charge is 0.344 e. The van der Waals surface area contributed by atoms with Gasteiger partial charge in [0.2, 0.25) is 0 Å². The van der Waals surface area contributed by atoms with Crippen molar-refractivity contribution in [3.05, 3.63) is 168 Å². The second kappa shape index (κ2) is 19.3. The molecular formula is C59H78N2. The van der Waals surface area contributed by atoms with Crippen molar-refractivity contribution in [2.45, 2.75) is 127 Å². The maximum absolute atomic E-state index is 2.51. The van der Waals surface area contributed by atoms with Crippen LogP contribution < -0.4 is 0 Å². The number of hydrogen-bond acceptors (Lipinski definition) is 0. The van der Waals surface area contributed by atoms with Crippen LogP contribution in [0.4, 0.5) is 0 Å². The van der Waals surface area contributed by atoms with Crippen LogP contribution in [0.25, 0.3) is 43.6 Å². The molecule has 0 fully saturated rings. The van der Waals surface area contributed by atoms with Gasteiger partial charge in [-0.05, 0) is 68.2 Å². The van der Waals surface area contributed by atoms with E-state index in [-0.39, 0.29) is 27.1 Å². The molecule has 10 rings (SSSR count). The Labute approximate surface area is 371 Å². The fourth-order valence-corrected chi connectivity index (χ4v) is 10.8. The van der Waals surface area contributed by atoms with Gasteiger partial charge in [0.25, 0.3) is 0 Å². The van der Waals surface area contributed by atoms with Crippen molar-refractivity contribution < 1.29 is 0 Å². The Morgan fingerprint density at radius 1 is 0.279 bits per heavy atom. The molecule has 0 bridgehead atoms. The first-order chi connectivity index (χ1) is 29.2. The second-order valence-electron chi connectivity index (χ2n) is 17.5. The third-order valence-electron chi connectivity index (χ3n) is 14.7. The summed E-state index contributed by atoms with van der Waals surface area (Å²) in [4.78, 5) is 0. The molecule has 0 aliphatic heterocycles. The van der Waals surface area contributed by atoms with Crippen molar-refractivity contribution in [2.24, 2.45) is 24.9 Å². The molecule has 2 aliphatic carbocycles. The predicted octanol–water partition coefficient (Wildman–Crippen LogP) is 17.4. The molecule has 0 unspecified atom stereocenters. The Bertz CT molecular complexity index is 2360. The summed E-state index contributed by atoms with van der Waals surface area (Å²) in [6, 6.07) is 52.5. The minimum Gasteiger partial charge on any atom is -0.344 e. The Hall–Kier alpha value is -5.08. The topological polar surface area (TPSA) is 9.86 Å². The molecule has 0 atom stereocenters. The molecule has 324 valence electrons. The van der Waals surface area contributed by atoms with Gasteiger partial charge in [0.05, 0.1) is 0 Å². The van der Waals surface area contributed by atoms with Crippen LogP contribution in [0.2, 0.25) is 0 Å². The van der Waals surface area contributed by atoms with Crippen molar-refractivity contribution in [3.8, 4) is 0 Å². The van der Waals surface area contributed by atoms with E-state index in [1.165, 1.54) is 54.7 Å². The Kier molecular flexibility index (Phi) is 15.4. The smallest absolute Gasteiger partial charge is 0.0488 e. The summed E-state index contributed by atoms with van der Waals surface area (Å²) in [5, 5.41) is 5.35. The normalized spacial score (nSPS) is 16.0. The van der Waals surface area contributed by atoms with Crippen LogP contribution in [0.3, 0.4) is 0 Å². The highest BCUT2D eigenvalue weighted by Gasteiger charge is 2.73. The second-order valence-corrected chi connectivity index (χ2v) is 17.5. The minimum atomic E-state index is 0.0141. The van der Waals surface area contributed by atoms with Crippen molar-refractivity contribution in [2.75, 3.05) is 0 Å². The van der Waals surface area contributed by atoms with Crippen LogP contribution in [-0.2, 0) is 30.3 Å². The van der Waals surface area contributed by atoms with Gasteiger partial charge in [-0.3, -0.25) is 0 Å². The number of nitrogens with zero attached hydrogens (tertiary/aromatic N) is 2. The zero-order valence-electron chi connectivity index (χ0n) is 41.3. The predicted molar refractivity (Wildman–Crippen MR) is 274 cm³/mol. The van der Waals surface area contributed by atoms with Gasteiger partial charge >= 0.3 is 0 Å². The summed E-state index contributed by atoms with van der Waals surface area (Å²) in [5.74, 6) is 0. The lowest BCUT2D eigenvalue weighted by atomic mass is 9.46. The molecule has 0 radical (unpaired) electrons. The van der Waals surface area contributed by atoms with Crippen molar-refractivity contribution in [1.29, 1.82) is 0 Å². The van der Waals surface area contributed by atoms with Crippen molar-refractivity contribution in [3.63, 3.8) is 0 Å². The number of aryl methyl sites for hydroxylation is 2. The molecule has 2 heterocycles. The Morgan fingerprint density at radius 2 is 0.475 bits per heavy atom. The van der Waals surface area contributed by atoms with E-state index in [9.17, 15) is 0 Å². The quantitative estimate of drug-likeness (QED) is 0.144. The van der Waals surface area contributed by atoms with E-state index in [1.54, 1.807) is 11.1 Å². The first-order valence-corrected chi connectivity index (χ1v) is 23.3. The Balaban J connectivity index is 0.000000195. The summed E-state index contributed by atoms with van der Waals surface area (Å²) in [5.41, 5.74) is 11.8. The van der Waals surface area contributed by atoms with E-state index in [4.69, 9.17) is 0 Å². The van der Waals surface area contributed by atoms with E-state index in [0.29, 0.717) is 0 Å². The lowest BCUT2D eigenvalue weighted by Crippen LogP contribution is -2.56. The first-order valence-electron chi connectivity index (χ1n) is 23.3. The average Bonchev–Trinajstić information content (AvgIpc) is 3.86. The van der Waals surface area contributed by atoms with E-state index >= 15 is 0 Å². The third-order valence-corrected chi connectivity index (χ3v) is 14.7. The first kappa shape index (κ1) is 48.6. The van der Waals surface area contributed by atoms with Gasteiger partial charge in [-0.2, -0.15) is 0 Å². The van der Waals surface area contributed by atoms with Crippen LogP contribution in [0.5, 0.6) is 0 Å². The highest BCUT2D eigenvalue weighted by atomic mass is 14.9. The van der Waals surface area contributed by atoms with Gasteiger partial charge in [0.1, 0.15) is 0 Å². The highest BCUT2D eigenvalue weighted by molar-refractivity contribution is 6.08. The van der Waals surface area contributed by atoms with Gasteiger partial charge in [0, 0.05) is 63.1 Å². The van der Waals surface area contributed by atoms with E-state index in [1.807, 2.05) is 55.4 Å². The van der Waals surface area contributed by atoms with E-state index in [2.05, 4.69) is 224 Å². The number of para-hydroxylation sites is 4. The average molecular weight is 815 g/mol. The summed E-state index contributed by atoms with van der Waals surface area (Å²) in [6.07, 6.45) is 0. The molecule has 61 heavy (non-hydrogen) atoms. The number of hydrogen-bond donors (Lipinski definition) is 0. The van der Waals surface area contributed by atoms with Crippen LogP contribution in [0, 0.1) is 10.8 Å². The molecule has 2 aromatic heterocycles. The summed E-state index contributed by atoms with van der Waals surface area (Å²) >= 11 is 0. The van der Waals surface area contributed by atoms with Crippen molar-refractivity contribution in [1.82, 2.24) is 9.13 Å². The van der Waals surface area contributed by atoms with Gasteiger partial charge < -0.3 is 9.13 Å². The molecule has 8 aromatic rings. The monoisotopic (exact) mass is 815 g/mol. The molecule has 0 saturated heterocycles. The summed E-state index contributed by atoms with van der Waals surface area (Å²) < 4.78 is 4.48. The minimum absolute atomic E-state index is 0.0141. The maximum atomic E-state index is 2.51. The zero-order valence-corrected chi connectivity index (χ0v) is 41.3. The molecule has 0 N–H and O–H groups in total. The molecule has 1 spiro atoms. The molecule has 0 amide bonds. The van der Waals surface area contributed by atoms with Gasteiger partial charge in [0.15, 0.2) is 0 Å². The van der Waals surface area contributed by atoms with E-state index in [0.717, 1.165) is 0 Å². The van der Waals surface area contributed by atoms with Crippen molar-refractivity contribution >= 4 is 43.6 Å².